The van der Waals surface area contributed by atoms with Crippen molar-refractivity contribution in [3.63, 3.8) is 0 Å². The molecule has 3 N–H and O–H groups in total. The lowest BCUT2D eigenvalue weighted by Gasteiger charge is -2.12. The van der Waals surface area contributed by atoms with Crippen LogP contribution in [-0.2, 0) is 4.79 Å². The molecule has 0 atom stereocenters. The summed E-state index contributed by atoms with van der Waals surface area (Å²) in [5.41, 5.74) is 3.22. The Bertz CT molecular complexity index is 832. The number of hydrogen-bond acceptors (Lipinski definition) is 4. The van der Waals surface area contributed by atoms with Crippen molar-refractivity contribution in [1.82, 2.24) is 4.90 Å². The summed E-state index contributed by atoms with van der Waals surface area (Å²) in [5.74, 6) is -0.493. The number of rotatable bonds is 7. The first-order valence-electron chi connectivity index (χ1n) is 8.60. The predicted octanol–water partition coefficient (Wildman–Crippen LogP) is 3.59. The first kappa shape index (κ1) is 17.9. The Morgan fingerprint density at radius 1 is 1.19 bits per heavy atom. The molecule has 0 bridgehead atoms. The van der Waals surface area contributed by atoms with Crippen LogP contribution in [0.1, 0.15) is 12.0 Å². The highest BCUT2D eigenvalue weighted by Crippen LogP contribution is 2.31. The largest absolute Gasteiger partial charge is 0.383 e. The maximum Gasteiger partial charge on any atom is 0.257 e. The van der Waals surface area contributed by atoms with Gasteiger partial charge in [0.05, 0.1) is 11.3 Å². The van der Waals surface area contributed by atoms with Crippen molar-refractivity contribution in [2.75, 3.05) is 43.1 Å². The van der Waals surface area contributed by atoms with Crippen LogP contribution < -0.4 is 16.0 Å². The highest BCUT2D eigenvalue weighted by molar-refractivity contribution is 6.31. The van der Waals surface area contributed by atoms with Crippen molar-refractivity contribution in [1.29, 1.82) is 0 Å². The molecular formula is C20H23FN4O. The Morgan fingerprint density at radius 3 is 2.77 bits per heavy atom. The molecule has 1 aliphatic rings. The molecule has 2 aromatic rings. The van der Waals surface area contributed by atoms with Crippen molar-refractivity contribution in [3.05, 3.63) is 60.0 Å². The molecule has 0 saturated carbocycles. The standard InChI is InChI=1S/C20H23FN4O/c1-25(2)11-5-10-22-19-9-8-14(12-17(19)21)23-13-16-15-6-3-4-7-18(15)24-20(16)26/h3-4,6-9,12-13,22-23H,5,10-11H2,1-2H3,(H,24,26). The fourth-order valence-corrected chi connectivity index (χ4v) is 2.80. The summed E-state index contributed by atoms with van der Waals surface area (Å²) in [6.07, 6.45) is 2.55. The maximum atomic E-state index is 14.2. The second-order valence-electron chi connectivity index (χ2n) is 6.48. The van der Waals surface area contributed by atoms with Gasteiger partial charge in [0.25, 0.3) is 5.91 Å². The number of benzene rings is 2. The molecular weight excluding hydrogens is 331 g/mol. The lowest BCUT2D eigenvalue weighted by molar-refractivity contribution is -0.110. The molecule has 0 radical (unpaired) electrons. The Kier molecular flexibility index (Phi) is 5.53. The third-order valence-electron chi connectivity index (χ3n) is 4.16. The minimum absolute atomic E-state index is 0.168. The number of carbonyl (C=O) groups is 1. The number of anilines is 3. The number of fused-ring (bicyclic) bond motifs is 1. The molecule has 0 aromatic heterocycles. The summed E-state index contributed by atoms with van der Waals surface area (Å²) in [5, 5.41) is 8.92. The normalized spacial score (nSPS) is 14.5. The van der Waals surface area contributed by atoms with Crippen molar-refractivity contribution < 1.29 is 9.18 Å². The lowest BCUT2D eigenvalue weighted by atomic mass is 10.1. The van der Waals surface area contributed by atoms with Gasteiger partial charge in [-0.1, -0.05) is 18.2 Å². The third kappa shape index (κ3) is 4.21. The molecule has 2 aromatic carbocycles. The van der Waals surface area contributed by atoms with E-state index < -0.39 is 0 Å². The first-order valence-corrected chi connectivity index (χ1v) is 8.60. The van der Waals surface area contributed by atoms with E-state index in [1.807, 2.05) is 38.4 Å². The molecule has 1 amide bonds. The van der Waals surface area contributed by atoms with Gasteiger partial charge in [0.15, 0.2) is 0 Å². The zero-order valence-corrected chi connectivity index (χ0v) is 15.0. The summed E-state index contributed by atoms with van der Waals surface area (Å²) in [6.45, 7) is 1.66. The van der Waals surface area contributed by atoms with Crippen LogP contribution in [-0.4, -0.2) is 38.0 Å². The van der Waals surface area contributed by atoms with E-state index in [4.69, 9.17) is 0 Å². The molecule has 26 heavy (non-hydrogen) atoms. The second kappa shape index (κ2) is 8.01. The topological polar surface area (TPSA) is 56.4 Å². The maximum absolute atomic E-state index is 14.2. The van der Waals surface area contributed by atoms with Crippen molar-refractivity contribution >= 4 is 28.5 Å². The van der Waals surface area contributed by atoms with Gasteiger partial charge in [0, 0.05) is 29.7 Å². The van der Waals surface area contributed by atoms with E-state index in [0.29, 0.717) is 23.5 Å². The smallest absolute Gasteiger partial charge is 0.257 e. The number of amides is 1. The fourth-order valence-electron chi connectivity index (χ4n) is 2.80. The minimum atomic E-state index is -0.325. The summed E-state index contributed by atoms with van der Waals surface area (Å²) in [6, 6.07) is 12.4. The van der Waals surface area contributed by atoms with Gasteiger partial charge in [0.2, 0.25) is 0 Å². The van der Waals surface area contributed by atoms with Crippen molar-refractivity contribution in [2.45, 2.75) is 6.42 Å². The summed E-state index contributed by atoms with van der Waals surface area (Å²) < 4.78 is 14.2. The molecule has 0 fully saturated rings. The second-order valence-corrected chi connectivity index (χ2v) is 6.48. The molecule has 3 rings (SSSR count). The highest BCUT2D eigenvalue weighted by atomic mass is 19.1. The average molecular weight is 354 g/mol. The van der Waals surface area contributed by atoms with E-state index >= 15 is 0 Å². The van der Waals surface area contributed by atoms with Gasteiger partial charge in [-0.3, -0.25) is 4.79 Å². The van der Waals surface area contributed by atoms with Crippen molar-refractivity contribution in [3.8, 4) is 0 Å². The van der Waals surface area contributed by atoms with E-state index in [0.717, 1.165) is 24.2 Å². The van der Waals surface area contributed by atoms with Crippen LogP contribution in [0.25, 0.3) is 5.57 Å². The third-order valence-corrected chi connectivity index (χ3v) is 4.16. The van der Waals surface area contributed by atoms with Crippen LogP contribution >= 0.6 is 0 Å². The SMILES string of the molecule is CN(C)CCCNc1ccc(NC=C2C(=O)Nc3ccccc32)cc1F. The van der Waals surface area contributed by atoms with E-state index in [-0.39, 0.29) is 11.7 Å². The van der Waals surface area contributed by atoms with E-state index in [1.165, 1.54) is 6.07 Å². The number of nitrogens with one attached hydrogen (secondary N) is 3. The zero-order valence-electron chi connectivity index (χ0n) is 15.0. The van der Waals surface area contributed by atoms with Gasteiger partial charge in [-0.2, -0.15) is 0 Å². The first-order chi connectivity index (χ1) is 12.5. The van der Waals surface area contributed by atoms with Crippen molar-refractivity contribution in [2.24, 2.45) is 0 Å². The molecule has 1 aliphatic heterocycles. The summed E-state index contributed by atoms with van der Waals surface area (Å²) in [4.78, 5) is 14.2. The van der Waals surface area contributed by atoms with Crippen LogP contribution in [0.2, 0.25) is 0 Å². The van der Waals surface area contributed by atoms with E-state index in [1.54, 1.807) is 18.3 Å². The van der Waals surface area contributed by atoms with Crippen LogP contribution in [0, 0.1) is 5.82 Å². The molecule has 136 valence electrons. The molecule has 6 heteroatoms. The molecule has 0 aliphatic carbocycles. The monoisotopic (exact) mass is 354 g/mol. The fraction of sp³-hybridized carbons (Fsp3) is 0.250. The number of para-hydroxylation sites is 1. The van der Waals surface area contributed by atoms with Gasteiger partial charge in [-0.25, -0.2) is 4.39 Å². The minimum Gasteiger partial charge on any atom is -0.383 e. The van der Waals surface area contributed by atoms with Gasteiger partial charge in [0.1, 0.15) is 5.82 Å². The van der Waals surface area contributed by atoms with Crippen LogP contribution in [0.5, 0.6) is 0 Å². The highest BCUT2D eigenvalue weighted by Gasteiger charge is 2.23. The number of nitrogens with zero attached hydrogens (tertiary/aromatic N) is 1. The average Bonchev–Trinajstić information content (AvgIpc) is 2.93. The number of hydrogen-bond donors (Lipinski definition) is 3. The molecule has 0 unspecified atom stereocenters. The Hall–Kier alpha value is -2.86. The molecule has 0 saturated heterocycles. The Balaban J connectivity index is 1.64. The summed E-state index contributed by atoms with van der Waals surface area (Å²) >= 11 is 0. The quantitative estimate of drug-likeness (QED) is 0.525. The van der Waals surface area contributed by atoms with Gasteiger partial charge < -0.3 is 20.9 Å². The van der Waals surface area contributed by atoms with Gasteiger partial charge in [-0.05, 0) is 51.3 Å². The summed E-state index contributed by atoms with van der Waals surface area (Å²) in [7, 11) is 4.02. The molecule has 5 nitrogen and oxygen atoms in total. The molecule has 0 spiro atoms. The Morgan fingerprint density at radius 2 is 2.00 bits per heavy atom. The van der Waals surface area contributed by atoms with Crippen LogP contribution in [0.4, 0.5) is 21.5 Å². The predicted molar refractivity (Wildman–Crippen MR) is 105 cm³/mol. The van der Waals surface area contributed by atoms with Gasteiger partial charge >= 0.3 is 0 Å². The van der Waals surface area contributed by atoms with Crippen LogP contribution in [0.15, 0.2) is 48.7 Å². The Labute approximate surface area is 152 Å². The van der Waals surface area contributed by atoms with E-state index in [9.17, 15) is 9.18 Å². The number of carbonyl (C=O) groups excluding carboxylic acids is 1. The van der Waals surface area contributed by atoms with Crippen LogP contribution in [0.3, 0.4) is 0 Å². The number of halogens is 1. The van der Waals surface area contributed by atoms with Gasteiger partial charge in [-0.15, -0.1) is 0 Å². The lowest BCUT2D eigenvalue weighted by Crippen LogP contribution is -2.16. The van der Waals surface area contributed by atoms with E-state index in [2.05, 4.69) is 20.9 Å². The molecule has 1 heterocycles. The zero-order chi connectivity index (χ0) is 18.5.